The summed E-state index contributed by atoms with van der Waals surface area (Å²) >= 11 is 0. The first-order valence-electron chi connectivity index (χ1n) is 7.40. The summed E-state index contributed by atoms with van der Waals surface area (Å²) in [5.74, 6) is 2.52. The molecule has 3 nitrogen and oxygen atoms in total. The van der Waals surface area contributed by atoms with Crippen molar-refractivity contribution in [3.05, 3.63) is 29.8 Å². The third-order valence-electron chi connectivity index (χ3n) is 4.07. The molecule has 0 bridgehead atoms. The first kappa shape index (κ1) is 14.9. The molecule has 0 saturated carbocycles. The largest absolute Gasteiger partial charge is 0.497 e. The summed E-state index contributed by atoms with van der Waals surface area (Å²) < 4.78 is 10.6. The molecule has 1 saturated heterocycles. The number of hydrogen-bond acceptors (Lipinski definition) is 3. The Morgan fingerprint density at radius 2 is 2.15 bits per heavy atom. The predicted octanol–water partition coefficient (Wildman–Crippen LogP) is 3.50. The van der Waals surface area contributed by atoms with Crippen LogP contribution >= 0.6 is 0 Å². The van der Waals surface area contributed by atoms with Gasteiger partial charge in [0.15, 0.2) is 0 Å². The Morgan fingerprint density at radius 1 is 1.30 bits per heavy atom. The van der Waals surface area contributed by atoms with Crippen LogP contribution in [0, 0.1) is 5.92 Å². The quantitative estimate of drug-likeness (QED) is 0.892. The molecule has 0 amide bonds. The molecular formula is C17H25NO2. The van der Waals surface area contributed by atoms with Crippen LogP contribution in [0.3, 0.4) is 0 Å². The lowest BCUT2D eigenvalue weighted by Gasteiger charge is -2.27. The minimum atomic E-state index is 0.473. The molecule has 2 atom stereocenters. The molecule has 1 heterocycles. The smallest absolute Gasteiger partial charge is 0.129 e. The lowest BCUT2D eigenvalue weighted by atomic mass is 9.90. The fraction of sp³-hybridized carbons (Fsp3) is 0.529. The van der Waals surface area contributed by atoms with E-state index < -0.39 is 0 Å². The first-order valence-corrected chi connectivity index (χ1v) is 7.40. The van der Waals surface area contributed by atoms with Crippen molar-refractivity contribution in [2.24, 2.45) is 5.92 Å². The SMILES string of the molecule is CCC1CCNC(/C=C/c2ccc(OC)cc2OC)C1. The van der Waals surface area contributed by atoms with Crippen molar-refractivity contribution in [2.45, 2.75) is 32.2 Å². The minimum Gasteiger partial charge on any atom is -0.497 e. The fourth-order valence-corrected chi connectivity index (χ4v) is 2.73. The van der Waals surface area contributed by atoms with Gasteiger partial charge >= 0.3 is 0 Å². The number of methoxy groups -OCH3 is 2. The number of ether oxygens (including phenoxy) is 2. The van der Waals surface area contributed by atoms with Crippen molar-refractivity contribution in [2.75, 3.05) is 20.8 Å². The summed E-state index contributed by atoms with van der Waals surface area (Å²) in [4.78, 5) is 0. The van der Waals surface area contributed by atoms with Crippen molar-refractivity contribution in [1.82, 2.24) is 5.32 Å². The number of rotatable bonds is 5. The molecule has 1 N–H and O–H groups in total. The predicted molar refractivity (Wildman–Crippen MR) is 83.4 cm³/mol. The van der Waals surface area contributed by atoms with Crippen LogP contribution in [0.5, 0.6) is 11.5 Å². The van der Waals surface area contributed by atoms with Crippen LogP contribution < -0.4 is 14.8 Å². The van der Waals surface area contributed by atoms with Gasteiger partial charge in [0.25, 0.3) is 0 Å². The second-order valence-corrected chi connectivity index (χ2v) is 5.33. The van der Waals surface area contributed by atoms with Gasteiger partial charge in [0.1, 0.15) is 11.5 Å². The van der Waals surface area contributed by atoms with E-state index in [4.69, 9.17) is 9.47 Å². The number of nitrogens with one attached hydrogen (secondary N) is 1. The van der Waals surface area contributed by atoms with Crippen molar-refractivity contribution in [1.29, 1.82) is 0 Å². The zero-order valence-corrected chi connectivity index (χ0v) is 12.7. The summed E-state index contributed by atoms with van der Waals surface area (Å²) in [7, 11) is 3.36. The normalized spacial score (nSPS) is 22.9. The summed E-state index contributed by atoms with van der Waals surface area (Å²) in [6.07, 6.45) is 8.20. The molecular weight excluding hydrogens is 250 g/mol. The molecule has 2 unspecified atom stereocenters. The summed E-state index contributed by atoms with van der Waals surface area (Å²) in [6.45, 7) is 3.40. The molecule has 20 heavy (non-hydrogen) atoms. The number of benzene rings is 1. The lowest BCUT2D eigenvalue weighted by Crippen LogP contribution is -2.36. The van der Waals surface area contributed by atoms with Crippen LogP contribution in [-0.2, 0) is 0 Å². The Hall–Kier alpha value is -1.48. The summed E-state index contributed by atoms with van der Waals surface area (Å²) in [5, 5.41) is 3.56. The van der Waals surface area contributed by atoms with Crippen molar-refractivity contribution in [3.63, 3.8) is 0 Å². The van der Waals surface area contributed by atoms with Gasteiger partial charge in [0.2, 0.25) is 0 Å². The van der Waals surface area contributed by atoms with E-state index >= 15 is 0 Å². The maximum Gasteiger partial charge on any atom is 0.129 e. The maximum atomic E-state index is 5.42. The third kappa shape index (κ3) is 3.76. The fourth-order valence-electron chi connectivity index (χ4n) is 2.73. The van der Waals surface area contributed by atoms with Crippen molar-refractivity contribution in [3.8, 4) is 11.5 Å². The third-order valence-corrected chi connectivity index (χ3v) is 4.07. The molecule has 1 aliphatic heterocycles. The van der Waals surface area contributed by atoms with Crippen molar-refractivity contribution < 1.29 is 9.47 Å². The second-order valence-electron chi connectivity index (χ2n) is 5.33. The molecule has 1 aromatic rings. The first-order chi connectivity index (χ1) is 9.76. The van der Waals surface area contributed by atoms with Crippen LogP contribution in [0.2, 0.25) is 0 Å². The topological polar surface area (TPSA) is 30.5 Å². The molecule has 0 aromatic heterocycles. The van der Waals surface area contributed by atoms with Gasteiger partial charge in [-0.05, 0) is 37.4 Å². The molecule has 0 spiro atoms. The molecule has 3 heteroatoms. The van der Waals surface area contributed by atoms with Gasteiger partial charge in [-0.1, -0.05) is 25.5 Å². The number of piperidine rings is 1. The van der Waals surface area contributed by atoms with Crippen LogP contribution in [0.25, 0.3) is 6.08 Å². The van der Waals surface area contributed by atoms with Gasteiger partial charge in [0, 0.05) is 17.7 Å². The average Bonchev–Trinajstić information content (AvgIpc) is 2.52. The van der Waals surface area contributed by atoms with Crippen LogP contribution in [0.4, 0.5) is 0 Å². The molecule has 110 valence electrons. The van der Waals surface area contributed by atoms with E-state index in [1.54, 1.807) is 14.2 Å². The highest BCUT2D eigenvalue weighted by Crippen LogP contribution is 2.26. The zero-order valence-electron chi connectivity index (χ0n) is 12.7. The molecule has 1 fully saturated rings. The van der Waals surface area contributed by atoms with E-state index in [2.05, 4.69) is 24.4 Å². The van der Waals surface area contributed by atoms with Gasteiger partial charge in [-0.2, -0.15) is 0 Å². The van der Waals surface area contributed by atoms with Crippen LogP contribution in [-0.4, -0.2) is 26.8 Å². The van der Waals surface area contributed by atoms with E-state index in [-0.39, 0.29) is 0 Å². The van der Waals surface area contributed by atoms with Crippen LogP contribution in [0.1, 0.15) is 31.7 Å². The van der Waals surface area contributed by atoms with E-state index in [0.29, 0.717) is 6.04 Å². The van der Waals surface area contributed by atoms with Gasteiger partial charge in [-0.25, -0.2) is 0 Å². The van der Waals surface area contributed by atoms with E-state index in [1.807, 2.05) is 18.2 Å². The molecule has 2 rings (SSSR count). The monoisotopic (exact) mass is 275 g/mol. The highest BCUT2D eigenvalue weighted by atomic mass is 16.5. The Labute approximate surface area is 122 Å². The van der Waals surface area contributed by atoms with E-state index in [0.717, 1.165) is 29.5 Å². The zero-order chi connectivity index (χ0) is 14.4. The van der Waals surface area contributed by atoms with Gasteiger partial charge in [-0.3, -0.25) is 0 Å². The van der Waals surface area contributed by atoms with Crippen molar-refractivity contribution >= 4 is 6.08 Å². The standard InChI is InChI=1S/C17H25NO2/c1-4-13-9-10-18-15(11-13)7-5-14-6-8-16(19-2)12-17(14)20-3/h5-8,12-13,15,18H,4,9-11H2,1-3H3/b7-5+. The lowest BCUT2D eigenvalue weighted by molar-refractivity contribution is 0.326. The summed E-state index contributed by atoms with van der Waals surface area (Å²) in [5.41, 5.74) is 1.09. The Balaban J connectivity index is 2.06. The van der Waals surface area contributed by atoms with Gasteiger partial charge < -0.3 is 14.8 Å². The Morgan fingerprint density at radius 3 is 2.85 bits per heavy atom. The Kier molecular flexibility index (Phi) is 5.48. The molecule has 1 aliphatic rings. The van der Waals surface area contributed by atoms with E-state index in [1.165, 1.54) is 19.3 Å². The highest BCUT2D eigenvalue weighted by Gasteiger charge is 2.17. The maximum absolute atomic E-state index is 5.42. The highest BCUT2D eigenvalue weighted by molar-refractivity contribution is 5.59. The number of hydrogen-bond donors (Lipinski definition) is 1. The summed E-state index contributed by atoms with van der Waals surface area (Å²) in [6, 6.07) is 6.39. The second kappa shape index (κ2) is 7.34. The Bertz CT molecular complexity index is 456. The van der Waals surface area contributed by atoms with Gasteiger partial charge in [0.05, 0.1) is 14.2 Å². The van der Waals surface area contributed by atoms with Gasteiger partial charge in [-0.15, -0.1) is 0 Å². The molecule has 0 radical (unpaired) electrons. The minimum absolute atomic E-state index is 0.473. The molecule has 1 aromatic carbocycles. The van der Waals surface area contributed by atoms with Crippen LogP contribution in [0.15, 0.2) is 24.3 Å². The average molecular weight is 275 g/mol. The molecule has 0 aliphatic carbocycles. The van der Waals surface area contributed by atoms with E-state index in [9.17, 15) is 0 Å².